The molecule has 0 spiro atoms. The van der Waals surface area contributed by atoms with Crippen LogP contribution in [-0.4, -0.2) is 21.0 Å². The lowest BCUT2D eigenvalue weighted by Gasteiger charge is -2.30. The van der Waals surface area contributed by atoms with E-state index in [1.165, 1.54) is 30.0 Å². The Hall–Kier alpha value is -2.13. The third kappa shape index (κ3) is 7.00. The number of hydrogen-bond donors (Lipinski definition) is 0. The van der Waals surface area contributed by atoms with Crippen LogP contribution in [0.3, 0.4) is 0 Å². The van der Waals surface area contributed by atoms with Gasteiger partial charge in [0.1, 0.15) is 5.75 Å². The Morgan fingerprint density at radius 3 is 2.21 bits per heavy atom. The fraction of sp³-hybridized carbons (Fsp3) is 0.423. The Bertz CT molecular complexity index is 786. The second-order valence-corrected chi connectivity index (χ2v) is 13.8. The first-order valence-electron chi connectivity index (χ1n) is 10.8. The number of rotatable bonds is 11. The van der Waals surface area contributed by atoms with E-state index < -0.39 is 8.07 Å². The molecule has 1 unspecified atom stereocenters. The molecule has 2 nitrogen and oxygen atoms in total. The molecule has 0 heterocycles. The molecule has 0 aliphatic heterocycles. The minimum atomic E-state index is -1.59. The molecule has 0 radical (unpaired) electrons. The van der Waals surface area contributed by atoms with Crippen molar-refractivity contribution in [1.82, 2.24) is 0 Å². The lowest BCUT2D eigenvalue weighted by molar-refractivity contribution is 0.0978. The van der Waals surface area contributed by atoms with Crippen LogP contribution in [-0.2, 0) is 0 Å². The van der Waals surface area contributed by atoms with E-state index >= 15 is 0 Å². The topological polar surface area (TPSA) is 26.3 Å². The first-order chi connectivity index (χ1) is 13.9. The van der Waals surface area contributed by atoms with E-state index in [0.717, 1.165) is 17.7 Å². The Balaban J connectivity index is 2.35. The zero-order valence-electron chi connectivity index (χ0n) is 18.7. The monoisotopic (exact) mass is 408 g/mol. The van der Waals surface area contributed by atoms with Crippen LogP contribution in [0.5, 0.6) is 5.75 Å². The standard InChI is InChI=1S/C26H36O2Si/c1-6-7-8-12-15-26(29(3,4)5)24(21-13-10-9-11-14-21)20-25(27)22-16-18-23(28-2)19-17-22/h9-11,13-19,24H,6-8,12,20H2,1-5H3/b26-15-. The van der Waals surface area contributed by atoms with Gasteiger partial charge in [0.05, 0.1) is 15.2 Å². The second kappa shape index (κ2) is 11.2. The number of benzene rings is 2. The van der Waals surface area contributed by atoms with Gasteiger partial charge in [0.15, 0.2) is 5.78 Å². The number of Topliss-reactive ketones (excluding diaryl/α,β-unsaturated/α-hetero) is 1. The summed E-state index contributed by atoms with van der Waals surface area (Å²) in [5, 5.41) is 1.50. The van der Waals surface area contributed by atoms with Gasteiger partial charge in [0.2, 0.25) is 0 Å². The van der Waals surface area contributed by atoms with E-state index in [4.69, 9.17) is 4.74 Å². The molecule has 2 aromatic rings. The summed E-state index contributed by atoms with van der Waals surface area (Å²) in [6.07, 6.45) is 7.79. The van der Waals surface area contributed by atoms with Crippen LogP contribution in [0.1, 0.15) is 60.9 Å². The quantitative estimate of drug-likeness (QED) is 0.219. The van der Waals surface area contributed by atoms with Crippen LogP contribution in [0.25, 0.3) is 0 Å². The van der Waals surface area contributed by atoms with Gasteiger partial charge in [-0.3, -0.25) is 4.79 Å². The molecule has 0 aliphatic carbocycles. The van der Waals surface area contributed by atoms with E-state index in [1.807, 2.05) is 30.3 Å². The van der Waals surface area contributed by atoms with Gasteiger partial charge in [0.25, 0.3) is 0 Å². The highest BCUT2D eigenvalue weighted by Gasteiger charge is 2.29. The Labute approximate surface area is 178 Å². The maximum absolute atomic E-state index is 13.2. The second-order valence-electron chi connectivity index (χ2n) is 8.72. The van der Waals surface area contributed by atoms with Crippen LogP contribution in [0.4, 0.5) is 0 Å². The zero-order valence-corrected chi connectivity index (χ0v) is 19.7. The molecule has 1 atom stereocenters. The molecule has 0 bridgehead atoms. The molecule has 0 amide bonds. The van der Waals surface area contributed by atoms with Gasteiger partial charge in [0, 0.05) is 17.9 Å². The largest absolute Gasteiger partial charge is 0.497 e. The fourth-order valence-corrected chi connectivity index (χ4v) is 5.87. The highest BCUT2D eigenvalue weighted by Crippen LogP contribution is 2.36. The van der Waals surface area contributed by atoms with Gasteiger partial charge in [-0.1, -0.05) is 81.0 Å². The Morgan fingerprint density at radius 1 is 1.00 bits per heavy atom. The number of hydrogen-bond acceptors (Lipinski definition) is 2. The molecule has 0 aromatic heterocycles. The van der Waals surface area contributed by atoms with Crippen molar-refractivity contribution < 1.29 is 9.53 Å². The number of ether oxygens (including phenoxy) is 1. The maximum Gasteiger partial charge on any atom is 0.163 e. The van der Waals surface area contributed by atoms with E-state index in [2.05, 4.69) is 56.9 Å². The minimum Gasteiger partial charge on any atom is -0.497 e. The van der Waals surface area contributed by atoms with Crippen molar-refractivity contribution in [3.05, 3.63) is 77.0 Å². The Morgan fingerprint density at radius 2 is 1.66 bits per heavy atom. The average molecular weight is 409 g/mol. The first-order valence-corrected chi connectivity index (χ1v) is 14.3. The third-order valence-electron chi connectivity index (χ3n) is 5.42. The Kier molecular flexibility index (Phi) is 8.90. The molecule has 29 heavy (non-hydrogen) atoms. The SMILES string of the molecule is CCCCC/C=C(/C(CC(=O)c1ccc(OC)cc1)c1ccccc1)[Si](C)(C)C. The number of unbranched alkanes of at least 4 members (excludes halogenated alkanes) is 3. The predicted molar refractivity (Wildman–Crippen MR) is 127 cm³/mol. The van der Waals surface area contributed by atoms with Crippen LogP contribution in [0, 0.1) is 0 Å². The molecule has 0 N–H and O–H groups in total. The van der Waals surface area contributed by atoms with E-state index in [0.29, 0.717) is 6.42 Å². The van der Waals surface area contributed by atoms with Gasteiger partial charge >= 0.3 is 0 Å². The van der Waals surface area contributed by atoms with Crippen molar-refractivity contribution >= 4 is 13.9 Å². The van der Waals surface area contributed by atoms with E-state index in [9.17, 15) is 4.79 Å². The molecule has 0 aliphatic rings. The van der Waals surface area contributed by atoms with Crippen LogP contribution in [0.2, 0.25) is 19.6 Å². The molecule has 0 saturated carbocycles. The molecule has 2 rings (SSSR count). The number of ketones is 1. The van der Waals surface area contributed by atoms with Gasteiger partial charge in [-0.05, 0) is 42.7 Å². The number of allylic oxidation sites excluding steroid dienone is 2. The third-order valence-corrected chi connectivity index (χ3v) is 7.70. The molecule has 156 valence electrons. The molecule has 2 aromatic carbocycles. The van der Waals surface area contributed by atoms with Gasteiger partial charge in [-0.15, -0.1) is 0 Å². The molecular formula is C26H36O2Si. The predicted octanol–water partition coefficient (Wildman–Crippen LogP) is 7.44. The van der Waals surface area contributed by atoms with Crippen molar-refractivity contribution in [3.8, 4) is 5.75 Å². The molecule has 0 fully saturated rings. The molecular weight excluding hydrogens is 372 g/mol. The van der Waals surface area contributed by atoms with Crippen molar-refractivity contribution in [2.75, 3.05) is 7.11 Å². The normalized spacial score (nSPS) is 13.2. The average Bonchev–Trinajstić information content (AvgIpc) is 2.72. The number of carbonyl (C=O) groups is 1. The summed E-state index contributed by atoms with van der Waals surface area (Å²) in [5.41, 5.74) is 2.01. The number of carbonyl (C=O) groups excluding carboxylic acids is 1. The highest BCUT2D eigenvalue weighted by molar-refractivity contribution is 6.83. The minimum absolute atomic E-state index is 0.152. The summed E-state index contributed by atoms with van der Waals surface area (Å²) in [7, 11) is 0.0584. The summed E-state index contributed by atoms with van der Waals surface area (Å²) >= 11 is 0. The number of methoxy groups -OCH3 is 1. The van der Waals surface area contributed by atoms with Gasteiger partial charge in [-0.25, -0.2) is 0 Å². The lowest BCUT2D eigenvalue weighted by Crippen LogP contribution is -2.29. The van der Waals surface area contributed by atoms with Crippen LogP contribution >= 0.6 is 0 Å². The van der Waals surface area contributed by atoms with Crippen molar-refractivity contribution in [2.45, 2.75) is 64.6 Å². The van der Waals surface area contributed by atoms with Crippen LogP contribution in [0.15, 0.2) is 65.9 Å². The van der Waals surface area contributed by atoms with Gasteiger partial charge < -0.3 is 4.74 Å². The molecule has 3 heteroatoms. The van der Waals surface area contributed by atoms with Gasteiger partial charge in [-0.2, -0.15) is 0 Å². The van der Waals surface area contributed by atoms with Crippen molar-refractivity contribution in [3.63, 3.8) is 0 Å². The first kappa shape index (κ1) is 23.1. The summed E-state index contributed by atoms with van der Waals surface area (Å²) in [5.74, 6) is 1.12. The van der Waals surface area contributed by atoms with Crippen molar-refractivity contribution in [1.29, 1.82) is 0 Å². The lowest BCUT2D eigenvalue weighted by atomic mass is 9.90. The highest BCUT2D eigenvalue weighted by atomic mass is 28.3. The zero-order chi connectivity index (χ0) is 21.3. The fourth-order valence-electron chi connectivity index (χ4n) is 3.80. The van der Waals surface area contributed by atoms with E-state index in [1.54, 1.807) is 7.11 Å². The van der Waals surface area contributed by atoms with Crippen molar-refractivity contribution in [2.24, 2.45) is 0 Å². The smallest absolute Gasteiger partial charge is 0.163 e. The summed E-state index contributed by atoms with van der Waals surface area (Å²) < 4.78 is 5.23. The summed E-state index contributed by atoms with van der Waals surface area (Å²) in [6, 6.07) is 18.0. The molecule has 0 saturated heterocycles. The van der Waals surface area contributed by atoms with E-state index in [-0.39, 0.29) is 11.7 Å². The van der Waals surface area contributed by atoms with Crippen LogP contribution < -0.4 is 4.74 Å². The summed E-state index contributed by atoms with van der Waals surface area (Å²) in [4.78, 5) is 13.2. The summed E-state index contributed by atoms with van der Waals surface area (Å²) in [6.45, 7) is 9.43. The maximum atomic E-state index is 13.2.